The number of carbonyl (C=O) groups is 1. The number of aliphatic hydroxyl groups is 5. The molecule has 0 spiro atoms. The first kappa shape index (κ1) is 19.4. The van der Waals surface area contributed by atoms with Crippen molar-refractivity contribution in [3.8, 4) is 0 Å². The Morgan fingerprint density at radius 1 is 1.12 bits per heavy atom. The van der Waals surface area contributed by atoms with Crippen molar-refractivity contribution in [1.29, 1.82) is 0 Å². The molecule has 2 aromatic rings. The summed E-state index contributed by atoms with van der Waals surface area (Å²) < 4.78 is 5.57. The molecule has 8 nitrogen and oxygen atoms in total. The molecule has 25 heavy (non-hydrogen) atoms. The molecule has 4 atom stereocenters. The lowest BCUT2D eigenvalue weighted by molar-refractivity contribution is -0.117. The lowest BCUT2D eigenvalue weighted by atomic mass is 10.0. The van der Waals surface area contributed by atoms with Crippen LogP contribution in [-0.2, 0) is 0 Å². The summed E-state index contributed by atoms with van der Waals surface area (Å²) in [4.78, 5) is 13.7. The lowest BCUT2D eigenvalue weighted by Gasteiger charge is -2.28. The number of carbonyl (C=O) groups excluding carboxylic acids is 1. The zero-order valence-corrected chi connectivity index (χ0v) is 14.0. The molecule has 0 saturated heterocycles. The van der Waals surface area contributed by atoms with E-state index in [9.17, 15) is 25.2 Å². The van der Waals surface area contributed by atoms with E-state index in [1.54, 1.807) is 19.1 Å². The van der Waals surface area contributed by atoms with Crippen LogP contribution < -0.4 is 0 Å². The van der Waals surface area contributed by atoms with Gasteiger partial charge in [-0.25, -0.2) is 0 Å². The molecule has 1 heterocycles. The highest BCUT2D eigenvalue weighted by molar-refractivity contribution is 5.98. The summed E-state index contributed by atoms with van der Waals surface area (Å²) in [6, 6.07) is 7.19. The summed E-state index contributed by atoms with van der Waals surface area (Å²) in [6.45, 7) is 0.684. The van der Waals surface area contributed by atoms with Gasteiger partial charge < -0.3 is 34.8 Å². The smallest absolute Gasteiger partial charge is 0.289 e. The predicted molar refractivity (Wildman–Crippen MR) is 89.0 cm³/mol. The minimum atomic E-state index is -1.74. The van der Waals surface area contributed by atoms with Gasteiger partial charge in [0.2, 0.25) is 0 Å². The molecule has 2 rings (SSSR count). The van der Waals surface area contributed by atoms with Crippen molar-refractivity contribution in [3.63, 3.8) is 0 Å². The van der Waals surface area contributed by atoms with Crippen LogP contribution in [0.1, 0.15) is 16.1 Å². The van der Waals surface area contributed by atoms with Crippen molar-refractivity contribution in [2.45, 2.75) is 31.3 Å². The minimum absolute atomic E-state index is 0.126. The third kappa shape index (κ3) is 4.00. The van der Waals surface area contributed by atoms with Gasteiger partial charge >= 0.3 is 0 Å². The minimum Gasteiger partial charge on any atom is -0.451 e. The summed E-state index contributed by atoms with van der Waals surface area (Å²) in [5.74, 6) is -0.363. The fourth-order valence-electron chi connectivity index (χ4n) is 2.59. The number of likely N-dealkylation sites (N-methyl/N-ethyl adjacent to an activating group) is 1. The molecule has 8 heteroatoms. The van der Waals surface area contributed by atoms with Crippen LogP contribution in [0.5, 0.6) is 0 Å². The Kier molecular flexibility index (Phi) is 6.15. The number of para-hydroxylation sites is 1. The van der Waals surface area contributed by atoms with Crippen LogP contribution in [0.25, 0.3) is 11.0 Å². The number of nitrogens with zero attached hydrogens (tertiary/aromatic N) is 1. The van der Waals surface area contributed by atoms with Crippen LogP contribution in [0.2, 0.25) is 0 Å². The fourth-order valence-corrected chi connectivity index (χ4v) is 2.59. The van der Waals surface area contributed by atoms with E-state index < -0.39 is 36.9 Å². The number of rotatable bonds is 7. The molecule has 0 aliphatic heterocycles. The third-order valence-electron chi connectivity index (χ3n) is 4.17. The van der Waals surface area contributed by atoms with Gasteiger partial charge in [0.05, 0.1) is 6.61 Å². The Morgan fingerprint density at radius 2 is 1.72 bits per heavy atom. The van der Waals surface area contributed by atoms with Crippen LogP contribution in [0, 0.1) is 6.92 Å². The maximum Gasteiger partial charge on any atom is 0.289 e. The molecule has 1 amide bonds. The summed E-state index contributed by atoms with van der Waals surface area (Å²) in [5, 5.41) is 48.3. The van der Waals surface area contributed by atoms with Crippen LogP contribution in [0.4, 0.5) is 0 Å². The van der Waals surface area contributed by atoms with Gasteiger partial charge in [0.1, 0.15) is 30.0 Å². The maximum atomic E-state index is 12.5. The van der Waals surface area contributed by atoms with Gasteiger partial charge in [0.25, 0.3) is 5.91 Å². The largest absolute Gasteiger partial charge is 0.451 e. The second kappa shape index (κ2) is 7.94. The summed E-state index contributed by atoms with van der Waals surface area (Å²) in [7, 11) is 1.42. The van der Waals surface area contributed by atoms with E-state index in [0.29, 0.717) is 11.1 Å². The third-order valence-corrected chi connectivity index (χ3v) is 4.17. The Balaban J connectivity index is 2.10. The number of hydrogen-bond acceptors (Lipinski definition) is 7. The van der Waals surface area contributed by atoms with E-state index in [0.717, 1.165) is 10.3 Å². The predicted octanol–water partition coefficient (Wildman–Crippen LogP) is -0.751. The standard InChI is InChI=1S/C17H23NO7/c1-9-10-5-3-4-6-13(10)25-16(9)17(24)18(2)7-11(20)14(22)15(23)12(21)8-19/h3-6,11-12,14-15,19-23H,7-8H2,1-2H3. The molecule has 1 aromatic carbocycles. The Morgan fingerprint density at radius 3 is 2.32 bits per heavy atom. The molecule has 0 fully saturated rings. The molecule has 1 aromatic heterocycles. The average Bonchev–Trinajstić information content (AvgIpc) is 2.95. The number of aryl methyl sites for hydroxylation is 1. The molecule has 5 N–H and O–H groups in total. The zero-order chi connectivity index (χ0) is 18.7. The van der Waals surface area contributed by atoms with Crippen LogP contribution in [0.3, 0.4) is 0 Å². The second-order valence-electron chi connectivity index (χ2n) is 6.04. The van der Waals surface area contributed by atoms with Crippen LogP contribution in [-0.4, -0.2) is 81.0 Å². The van der Waals surface area contributed by atoms with Crippen LogP contribution >= 0.6 is 0 Å². The highest BCUT2D eigenvalue weighted by atomic mass is 16.4. The van der Waals surface area contributed by atoms with Gasteiger partial charge in [-0.05, 0) is 13.0 Å². The number of furan rings is 1. The van der Waals surface area contributed by atoms with E-state index >= 15 is 0 Å². The van der Waals surface area contributed by atoms with Gasteiger partial charge in [0.15, 0.2) is 5.76 Å². The molecule has 0 radical (unpaired) electrons. The van der Waals surface area contributed by atoms with Crippen molar-refractivity contribution in [3.05, 3.63) is 35.6 Å². The first-order chi connectivity index (χ1) is 11.8. The van der Waals surface area contributed by atoms with Crippen molar-refractivity contribution in [2.24, 2.45) is 0 Å². The Labute approximate surface area is 144 Å². The highest BCUT2D eigenvalue weighted by Gasteiger charge is 2.32. The summed E-state index contributed by atoms with van der Waals surface area (Å²) >= 11 is 0. The molecule has 0 aliphatic rings. The molecule has 0 bridgehead atoms. The Bertz CT molecular complexity index is 729. The highest BCUT2D eigenvalue weighted by Crippen LogP contribution is 2.25. The lowest BCUT2D eigenvalue weighted by Crippen LogP contribution is -2.50. The topological polar surface area (TPSA) is 135 Å². The van der Waals surface area contributed by atoms with Gasteiger partial charge in [0, 0.05) is 24.5 Å². The second-order valence-corrected chi connectivity index (χ2v) is 6.04. The van der Waals surface area contributed by atoms with E-state index in [-0.39, 0.29) is 12.3 Å². The summed E-state index contributed by atoms with van der Waals surface area (Å²) in [5.41, 5.74) is 1.23. The first-order valence-corrected chi connectivity index (χ1v) is 7.84. The quantitative estimate of drug-likeness (QED) is 0.442. The van der Waals surface area contributed by atoms with Crippen LogP contribution in [0.15, 0.2) is 28.7 Å². The number of fused-ring (bicyclic) bond motifs is 1. The van der Waals surface area contributed by atoms with Crippen molar-refractivity contribution in [1.82, 2.24) is 4.90 Å². The van der Waals surface area contributed by atoms with Crippen molar-refractivity contribution in [2.75, 3.05) is 20.2 Å². The normalized spacial score (nSPS) is 16.4. The maximum absolute atomic E-state index is 12.5. The first-order valence-electron chi connectivity index (χ1n) is 7.84. The van der Waals surface area contributed by atoms with Gasteiger partial charge in [-0.2, -0.15) is 0 Å². The monoisotopic (exact) mass is 353 g/mol. The van der Waals surface area contributed by atoms with Crippen molar-refractivity contribution >= 4 is 16.9 Å². The molecular formula is C17H23NO7. The van der Waals surface area contributed by atoms with E-state index in [4.69, 9.17) is 9.52 Å². The molecule has 0 saturated carbocycles. The number of amides is 1. The number of aliphatic hydroxyl groups excluding tert-OH is 5. The average molecular weight is 353 g/mol. The molecule has 0 aliphatic carbocycles. The molecule has 4 unspecified atom stereocenters. The zero-order valence-electron chi connectivity index (χ0n) is 14.0. The molecule has 138 valence electrons. The Hall–Kier alpha value is -1.97. The SMILES string of the molecule is Cc1c(C(=O)N(C)CC(O)C(O)C(O)C(O)CO)oc2ccccc12. The summed E-state index contributed by atoms with van der Waals surface area (Å²) in [6.07, 6.45) is -6.58. The van der Waals surface area contributed by atoms with Gasteiger partial charge in [-0.15, -0.1) is 0 Å². The molecular weight excluding hydrogens is 330 g/mol. The number of hydrogen-bond donors (Lipinski definition) is 5. The fraction of sp³-hybridized carbons (Fsp3) is 0.471. The van der Waals surface area contributed by atoms with E-state index in [1.165, 1.54) is 7.05 Å². The van der Waals surface area contributed by atoms with E-state index in [1.807, 2.05) is 12.1 Å². The van der Waals surface area contributed by atoms with E-state index in [2.05, 4.69) is 0 Å². The van der Waals surface area contributed by atoms with Gasteiger partial charge in [-0.3, -0.25) is 4.79 Å². The van der Waals surface area contributed by atoms with Crippen molar-refractivity contribution < 1.29 is 34.7 Å². The van der Waals surface area contributed by atoms with Gasteiger partial charge in [-0.1, -0.05) is 18.2 Å². The number of benzene rings is 1.